The summed E-state index contributed by atoms with van der Waals surface area (Å²) in [5, 5.41) is 7.23. The monoisotopic (exact) mass is 471 g/mol. The van der Waals surface area contributed by atoms with Gasteiger partial charge in [-0.25, -0.2) is 9.37 Å². The van der Waals surface area contributed by atoms with Crippen LogP contribution in [0.15, 0.2) is 60.8 Å². The highest BCUT2D eigenvalue weighted by molar-refractivity contribution is 5.98. The Kier molecular flexibility index (Phi) is 6.29. The Balaban J connectivity index is 1.64. The van der Waals surface area contributed by atoms with Crippen LogP contribution in [0.25, 0.3) is 22.3 Å². The first-order chi connectivity index (χ1) is 17.0. The molecule has 2 aromatic heterocycles. The van der Waals surface area contributed by atoms with Crippen molar-refractivity contribution in [3.05, 3.63) is 72.2 Å². The first-order valence-electron chi connectivity index (χ1n) is 11.5. The van der Waals surface area contributed by atoms with Gasteiger partial charge in [-0.05, 0) is 49.4 Å². The quantitative estimate of drug-likeness (QED) is 0.412. The minimum Gasteiger partial charge on any atom is -0.378 e. The number of anilines is 4. The SMILES string of the molecule is CC(=O)Nc1cc(Nc2c(C)c(-c3ccccn3)nc3cc(F)ccc23)cc(N2CCOCC2)c1. The minimum atomic E-state index is -0.353. The summed E-state index contributed by atoms with van der Waals surface area (Å²) in [4.78, 5) is 23.2. The fourth-order valence-electron chi connectivity index (χ4n) is 4.35. The minimum absolute atomic E-state index is 0.145. The molecule has 178 valence electrons. The van der Waals surface area contributed by atoms with Crippen LogP contribution in [0.1, 0.15) is 12.5 Å². The van der Waals surface area contributed by atoms with Gasteiger partial charge in [0, 0.05) is 60.3 Å². The van der Waals surface area contributed by atoms with Crippen LogP contribution in [0.2, 0.25) is 0 Å². The van der Waals surface area contributed by atoms with Crippen LogP contribution in [-0.2, 0) is 9.53 Å². The number of morpholine rings is 1. The van der Waals surface area contributed by atoms with E-state index in [0.29, 0.717) is 35.8 Å². The molecule has 2 N–H and O–H groups in total. The Bertz CT molecular complexity index is 1390. The van der Waals surface area contributed by atoms with Gasteiger partial charge in [-0.1, -0.05) is 6.07 Å². The zero-order valence-corrected chi connectivity index (χ0v) is 19.6. The third-order valence-electron chi connectivity index (χ3n) is 5.98. The molecular weight excluding hydrogens is 445 g/mol. The van der Waals surface area contributed by atoms with Crippen molar-refractivity contribution in [3.8, 4) is 11.4 Å². The molecule has 0 spiro atoms. The van der Waals surface area contributed by atoms with Crippen LogP contribution in [-0.4, -0.2) is 42.2 Å². The van der Waals surface area contributed by atoms with E-state index in [-0.39, 0.29) is 11.7 Å². The van der Waals surface area contributed by atoms with Gasteiger partial charge in [0.2, 0.25) is 5.91 Å². The van der Waals surface area contributed by atoms with E-state index in [1.807, 2.05) is 43.3 Å². The zero-order chi connectivity index (χ0) is 24.4. The van der Waals surface area contributed by atoms with Crippen molar-refractivity contribution in [2.24, 2.45) is 0 Å². The van der Waals surface area contributed by atoms with E-state index in [1.54, 1.807) is 12.3 Å². The van der Waals surface area contributed by atoms with E-state index in [2.05, 4.69) is 20.5 Å². The summed E-state index contributed by atoms with van der Waals surface area (Å²) in [6.45, 7) is 6.30. The lowest BCUT2D eigenvalue weighted by Gasteiger charge is -2.30. The summed E-state index contributed by atoms with van der Waals surface area (Å²) in [5.74, 6) is -0.498. The Morgan fingerprint density at radius 1 is 1.06 bits per heavy atom. The fraction of sp³-hybridized carbons (Fsp3) is 0.222. The molecule has 0 unspecified atom stereocenters. The highest BCUT2D eigenvalue weighted by atomic mass is 19.1. The first kappa shape index (κ1) is 22.7. The number of pyridine rings is 2. The molecule has 1 fully saturated rings. The summed E-state index contributed by atoms with van der Waals surface area (Å²) in [7, 11) is 0. The number of halogens is 1. The van der Waals surface area contributed by atoms with E-state index in [4.69, 9.17) is 9.72 Å². The topological polar surface area (TPSA) is 79.4 Å². The van der Waals surface area contributed by atoms with Crippen molar-refractivity contribution in [1.29, 1.82) is 0 Å². The number of carbonyl (C=O) groups is 1. The van der Waals surface area contributed by atoms with Crippen molar-refractivity contribution in [1.82, 2.24) is 9.97 Å². The fourth-order valence-corrected chi connectivity index (χ4v) is 4.35. The van der Waals surface area contributed by atoms with E-state index in [1.165, 1.54) is 19.1 Å². The molecule has 8 heteroatoms. The number of amides is 1. The van der Waals surface area contributed by atoms with Crippen LogP contribution in [0, 0.1) is 12.7 Å². The van der Waals surface area contributed by atoms with Gasteiger partial charge in [0.05, 0.1) is 35.8 Å². The van der Waals surface area contributed by atoms with Crippen molar-refractivity contribution < 1.29 is 13.9 Å². The molecule has 0 saturated carbocycles. The lowest BCUT2D eigenvalue weighted by atomic mass is 10.0. The highest BCUT2D eigenvalue weighted by Crippen LogP contribution is 2.36. The number of rotatable bonds is 5. The Hall–Kier alpha value is -4.04. The molecule has 1 saturated heterocycles. The number of aromatic nitrogens is 2. The van der Waals surface area contributed by atoms with Crippen molar-refractivity contribution >= 4 is 39.6 Å². The molecule has 2 aromatic carbocycles. The number of nitrogens with zero attached hydrogens (tertiary/aromatic N) is 3. The average molecular weight is 472 g/mol. The van der Waals surface area contributed by atoms with Crippen LogP contribution < -0.4 is 15.5 Å². The summed E-state index contributed by atoms with van der Waals surface area (Å²) in [6.07, 6.45) is 1.71. The predicted molar refractivity (Wildman–Crippen MR) is 137 cm³/mol. The number of hydrogen-bond acceptors (Lipinski definition) is 6. The highest BCUT2D eigenvalue weighted by Gasteiger charge is 2.17. The molecule has 0 bridgehead atoms. The third kappa shape index (κ3) is 4.93. The van der Waals surface area contributed by atoms with Crippen LogP contribution in [0.3, 0.4) is 0 Å². The van der Waals surface area contributed by atoms with Gasteiger partial charge in [-0.2, -0.15) is 0 Å². The molecule has 4 aromatic rings. The number of benzene rings is 2. The van der Waals surface area contributed by atoms with Gasteiger partial charge >= 0.3 is 0 Å². The molecule has 35 heavy (non-hydrogen) atoms. The van der Waals surface area contributed by atoms with Gasteiger partial charge < -0.3 is 20.3 Å². The molecule has 0 aliphatic carbocycles. The maximum absolute atomic E-state index is 14.1. The molecule has 1 aliphatic rings. The molecule has 7 nitrogen and oxygen atoms in total. The van der Waals surface area contributed by atoms with E-state index < -0.39 is 0 Å². The molecule has 0 radical (unpaired) electrons. The summed E-state index contributed by atoms with van der Waals surface area (Å²) >= 11 is 0. The van der Waals surface area contributed by atoms with Crippen LogP contribution in [0.4, 0.5) is 27.1 Å². The van der Waals surface area contributed by atoms with Crippen LogP contribution >= 0.6 is 0 Å². The van der Waals surface area contributed by atoms with E-state index in [0.717, 1.165) is 41.1 Å². The van der Waals surface area contributed by atoms with Crippen LogP contribution in [0.5, 0.6) is 0 Å². The largest absolute Gasteiger partial charge is 0.378 e. The number of carbonyl (C=O) groups excluding carboxylic acids is 1. The third-order valence-corrected chi connectivity index (χ3v) is 5.98. The Morgan fingerprint density at radius 3 is 2.60 bits per heavy atom. The van der Waals surface area contributed by atoms with Crippen molar-refractivity contribution in [2.45, 2.75) is 13.8 Å². The van der Waals surface area contributed by atoms with E-state index >= 15 is 0 Å². The maximum atomic E-state index is 14.1. The second-order valence-electron chi connectivity index (χ2n) is 8.51. The summed E-state index contributed by atoms with van der Waals surface area (Å²) in [6, 6.07) is 16.1. The lowest BCUT2D eigenvalue weighted by Crippen LogP contribution is -2.36. The second-order valence-corrected chi connectivity index (χ2v) is 8.51. The Morgan fingerprint density at radius 2 is 1.86 bits per heavy atom. The molecule has 3 heterocycles. The maximum Gasteiger partial charge on any atom is 0.221 e. The van der Waals surface area contributed by atoms with Gasteiger partial charge in [0.1, 0.15) is 5.82 Å². The molecule has 1 aliphatic heterocycles. The molecule has 0 atom stereocenters. The summed E-state index contributed by atoms with van der Waals surface area (Å²) in [5.41, 5.74) is 6.09. The van der Waals surface area contributed by atoms with Gasteiger partial charge in [0.25, 0.3) is 0 Å². The van der Waals surface area contributed by atoms with Crippen molar-refractivity contribution in [2.75, 3.05) is 41.8 Å². The lowest BCUT2D eigenvalue weighted by molar-refractivity contribution is -0.114. The smallest absolute Gasteiger partial charge is 0.221 e. The normalized spacial score (nSPS) is 13.6. The number of hydrogen-bond donors (Lipinski definition) is 2. The van der Waals surface area contributed by atoms with Gasteiger partial charge in [-0.15, -0.1) is 0 Å². The standard InChI is InChI=1S/C27H26FN5O2/c1-17-26(23-7-6-19(28)13-25(23)32-27(17)24-5-3-4-8-29-24)31-21-14-20(30-18(2)34)15-22(16-21)33-9-11-35-12-10-33/h3-8,13-16H,9-12H2,1-2H3,(H,30,34)(H,31,32). The second kappa shape index (κ2) is 9.68. The zero-order valence-electron chi connectivity index (χ0n) is 19.6. The van der Waals surface area contributed by atoms with Crippen molar-refractivity contribution in [3.63, 3.8) is 0 Å². The number of nitrogens with one attached hydrogen (secondary N) is 2. The Labute approximate surface area is 203 Å². The molecule has 5 rings (SSSR count). The summed E-state index contributed by atoms with van der Waals surface area (Å²) < 4.78 is 19.6. The number of ether oxygens (including phenoxy) is 1. The van der Waals surface area contributed by atoms with Gasteiger partial charge in [0.15, 0.2) is 0 Å². The molecular formula is C27H26FN5O2. The van der Waals surface area contributed by atoms with Gasteiger partial charge in [-0.3, -0.25) is 9.78 Å². The predicted octanol–water partition coefficient (Wildman–Crippen LogP) is 5.28. The first-order valence-corrected chi connectivity index (χ1v) is 11.5. The van der Waals surface area contributed by atoms with E-state index in [9.17, 15) is 9.18 Å². The molecule has 1 amide bonds. The number of fused-ring (bicyclic) bond motifs is 1. The average Bonchev–Trinajstić information content (AvgIpc) is 2.86.